The molecule has 3 amide bonds. The molecule has 6 heteroatoms. The number of hydrogen-bond acceptors (Lipinski definition) is 4. The average molecular weight is 399 g/mol. The lowest BCUT2D eigenvalue weighted by atomic mass is 9.94. The summed E-state index contributed by atoms with van der Waals surface area (Å²) in [7, 11) is 1.80. The highest BCUT2D eigenvalue weighted by molar-refractivity contribution is 6.22. The van der Waals surface area contributed by atoms with E-state index in [2.05, 4.69) is 0 Å². The van der Waals surface area contributed by atoms with Crippen LogP contribution in [0, 0.1) is 5.92 Å². The molecule has 3 aliphatic rings. The zero-order chi connectivity index (χ0) is 20.4. The lowest BCUT2D eigenvalue weighted by Crippen LogP contribution is -2.40. The minimum absolute atomic E-state index is 0.00236. The summed E-state index contributed by atoms with van der Waals surface area (Å²) in [5.41, 5.74) is 1.29. The minimum Gasteiger partial charge on any atom is -0.381 e. The summed E-state index contributed by atoms with van der Waals surface area (Å²) in [4.78, 5) is 41.8. The molecular weight excluding hydrogens is 368 g/mol. The second kappa shape index (κ2) is 8.66. The van der Waals surface area contributed by atoms with E-state index in [9.17, 15) is 14.4 Å². The molecule has 6 nitrogen and oxygen atoms in total. The van der Waals surface area contributed by atoms with E-state index < -0.39 is 0 Å². The molecule has 0 bridgehead atoms. The number of rotatable bonds is 5. The van der Waals surface area contributed by atoms with E-state index in [1.54, 1.807) is 30.1 Å². The summed E-state index contributed by atoms with van der Waals surface area (Å²) in [6.45, 7) is 2.29. The largest absolute Gasteiger partial charge is 0.381 e. The number of amides is 3. The molecule has 1 saturated carbocycles. The van der Waals surface area contributed by atoms with Crippen molar-refractivity contribution in [3.05, 3.63) is 34.9 Å². The molecule has 156 valence electrons. The molecule has 1 saturated heterocycles. The summed E-state index contributed by atoms with van der Waals surface area (Å²) < 4.78 is 5.39. The Balaban J connectivity index is 1.44. The van der Waals surface area contributed by atoms with Crippen molar-refractivity contribution in [3.8, 4) is 0 Å². The molecule has 29 heavy (non-hydrogen) atoms. The molecule has 1 aromatic carbocycles. The zero-order valence-electron chi connectivity index (χ0n) is 17.2. The fourth-order valence-electron chi connectivity index (χ4n) is 4.80. The molecule has 2 heterocycles. The number of ether oxygens (including phenoxy) is 1. The Morgan fingerprint density at radius 1 is 1.03 bits per heavy atom. The third kappa shape index (κ3) is 4.08. The molecule has 2 fully saturated rings. The van der Waals surface area contributed by atoms with Crippen molar-refractivity contribution in [2.75, 3.05) is 26.8 Å². The number of benzene rings is 1. The van der Waals surface area contributed by atoms with Gasteiger partial charge in [0.1, 0.15) is 0 Å². The van der Waals surface area contributed by atoms with E-state index in [-0.39, 0.29) is 23.8 Å². The first-order valence-corrected chi connectivity index (χ1v) is 10.9. The van der Waals surface area contributed by atoms with Crippen LogP contribution in [0.25, 0.3) is 0 Å². The minimum atomic E-state index is -0.239. The van der Waals surface area contributed by atoms with Gasteiger partial charge in [0.15, 0.2) is 0 Å². The van der Waals surface area contributed by atoms with Crippen LogP contribution in [0.3, 0.4) is 0 Å². The summed E-state index contributed by atoms with van der Waals surface area (Å²) in [6, 6.07) is 4.95. The van der Waals surface area contributed by atoms with Gasteiger partial charge in [0.25, 0.3) is 17.7 Å². The van der Waals surface area contributed by atoms with Gasteiger partial charge in [-0.2, -0.15) is 0 Å². The first-order chi connectivity index (χ1) is 14.1. The highest BCUT2D eigenvalue weighted by Crippen LogP contribution is 2.31. The van der Waals surface area contributed by atoms with Crippen molar-refractivity contribution >= 4 is 17.7 Å². The molecule has 0 unspecified atom stereocenters. The van der Waals surface area contributed by atoms with Gasteiger partial charge in [0.05, 0.1) is 11.1 Å². The number of nitrogens with zero attached hydrogens (tertiary/aromatic N) is 2. The SMILES string of the molecule is CN(CCC1CCOCC1)C(=O)c1ccc2c(c1)C(=O)N(C1CCCCC1)C2=O. The normalized spacial score (nSPS) is 20.8. The van der Waals surface area contributed by atoms with Gasteiger partial charge in [0.2, 0.25) is 0 Å². The van der Waals surface area contributed by atoms with Gasteiger partial charge in [-0.1, -0.05) is 19.3 Å². The van der Waals surface area contributed by atoms with Crippen LogP contribution >= 0.6 is 0 Å². The standard InChI is InChI=1S/C23H30N2O4/c1-24(12-9-16-10-13-29-14-11-16)21(26)17-7-8-19-20(15-17)23(28)25(22(19)27)18-5-3-2-4-6-18/h7-8,15-16,18H,2-6,9-14H2,1H3. The van der Waals surface area contributed by atoms with Gasteiger partial charge in [-0.05, 0) is 56.2 Å². The Morgan fingerprint density at radius 2 is 1.72 bits per heavy atom. The third-order valence-corrected chi connectivity index (χ3v) is 6.67. The van der Waals surface area contributed by atoms with Gasteiger partial charge in [-0.15, -0.1) is 0 Å². The fourth-order valence-corrected chi connectivity index (χ4v) is 4.80. The average Bonchev–Trinajstić information content (AvgIpc) is 3.02. The maximum atomic E-state index is 13.0. The second-order valence-corrected chi connectivity index (χ2v) is 8.60. The number of carbonyl (C=O) groups excluding carboxylic acids is 3. The zero-order valence-corrected chi connectivity index (χ0v) is 17.2. The summed E-state index contributed by atoms with van der Waals surface area (Å²) in [6.07, 6.45) is 8.10. The van der Waals surface area contributed by atoms with Crippen LogP contribution in [-0.4, -0.2) is 60.4 Å². The molecule has 0 N–H and O–H groups in total. The quantitative estimate of drug-likeness (QED) is 0.712. The van der Waals surface area contributed by atoms with E-state index in [1.165, 1.54) is 11.3 Å². The van der Waals surface area contributed by atoms with Gasteiger partial charge in [-0.25, -0.2) is 0 Å². The molecule has 1 aromatic rings. The van der Waals surface area contributed by atoms with Crippen molar-refractivity contribution in [2.45, 2.75) is 57.4 Å². The number of carbonyl (C=O) groups is 3. The topological polar surface area (TPSA) is 66.9 Å². The molecule has 2 aliphatic heterocycles. The first-order valence-electron chi connectivity index (χ1n) is 10.9. The lowest BCUT2D eigenvalue weighted by molar-refractivity contribution is 0.0547. The predicted molar refractivity (Wildman–Crippen MR) is 109 cm³/mol. The van der Waals surface area contributed by atoms with E-state index in [4.69, 9.17) is 4.74 Å². The van der Waals surface area contributed by atoms with E-state index in [0.29, 0.717) is 29.2 Å². The van der Waals surface area contributed by atoms with Crippen LogP contribution in [0.2, 0.25) is 0 Å². The van der Waals surface area contributed by atoms with Crippen LogP contribution in [0.4, 0.5) is 0 Å². The molecule has 0 atom stereocenters. The van der Waals surface area contributed by atoms with Crippen molar-refractivity contribution in [1.29, 1.82) is 0 Å². The number of hydrogen-bond donors (Lipinski definition) is 0. The predicted octanol–water partition coefficient (Wildman–Crippen LogP) is 3.50. The van der Waals surface area contributed by atoms with Crippen LogP contribution in [0.15, 0.2) is 18.2 Å². The monoisotopic (exact) mass is 398 g/mol. The summed E-state index contributed by atoms with van der Waals surface area (Å²) in [5, 5.41) is 0. The molecular formula is C23H30N2O4. The highest BCUT2D eigenvalue weighted by Gasteiger charge is 2.40. The van der Waals surface area contributed by atoms with Gasteiger partial charge < -0.3 is 9.64 Å². The Bertz CT molecular complexity index is 794. The van der Waals surface area contributed by atoms with Crippen LogP contribution < -0.4 is 0 Å². The molecule has 0 aromatic heterocycles. The molecule has 0 spiro atoms. The second-order valence-electron chi connectivity index (χ2n) is 8.60. The van der Waals surface area contributed by atoms with Crippen molar-refractivity contribution < 1.29 is 19.1 Å². The highest BCUT2D eigenvalue weighted by atomic mass is 16.5. The Hall–Kier alpha value is -2.21. The molecule has 1 aliphatic carbocycles. The van der Waals surface area contributed by atoms with Crippen molar-refractivity contribution in [2.24, 2.45) is 5.92 Å². The summed E-state index contributed by atoms with van der Waals surface area (Å²) in [5.74, 6) is 0.0543. The van der Waals surface area contributed by atoms with Crippen LogP contribution in [0.5, 0.6) is 0 Å². The van der Waals surface area contributed by atoms with Crippen LogP contribution in [-0.2, 0) is 4.74 Å². The van der Waals surface area contributed by atoms with E-state index in [1.807, 2.05) is 0 Å². The maximum Gasteiger partial charge on any atom is 0.261 e. The van der Waals surface area contributed by atoms with E-state index >= 15 is 0 Å². The van der Waals surface area contributed by atoms with Crippen molar-refractivity contribution in [3.63, 3.8) is 0 Å². The Kier molecular flexibility index (Phi) is 5.99. The fraction of sp³-hybridized carbons (Fsp3) is 0.609. The van der Waals surface area contributed by atoms with Gasteiger partial charge in [-0.3, -0.25) is 19.3 Å². The smallest absolute Gasteiger partial charge is 0.261 e. The molecule has 4 rings (SSSR count). The Labute approximate surface area is 172 Å². The summed E-state index contributed by atoms with van der Waals surface area (Å²) >= 11 is 0. The van der Waals surface area contributed by atoms with Crippen LogP contribution in [0.1, 0.15) is 82.4 Å². The Morgan fingerprint density at radius 3 is 2.45 bits per heavy atom. The molecule has 0 radical (unpaired) electrons. The maximum absolute atomic E-state index is 13.0. The first kappa shape index (κ1) is 20.1. The van der Waals surface area contributed by atoms with Gasteiger partial charge in [0, 0.05) is 38.4 Å². The van der Waals surface area contributed by atoms with Crippen molar-refractivity contribution in [1.82, 2.24) is 9.80 Å². The number of fused-ring (bicyclic) bond motifs is 1. The van der Waals surface area contributed by atoms with E-state index in [0.717, 1.165) is 58.2 Å². The number of imide groups is 1. The van der Waals surface area contributed by atoms with Gasteiger partial charge >= 0.3 is 0 Å². The third-order valence-electron chi connectivity index (χ3n) is 6.67. The lowest BCUT2D eigenvalue weighted by Gasteiger charge is -2.29.